The highest BCUT2D eigenvalue weighted by Gasteiger charge is 2.20. The highest BCUT2D eigenvalue weighted by molar-refractivity contribution is 5.80. The molecule has 1 aliphatic rings. The van der Waals surface area contributed by atoms with Crippen LogP contribution < -0.4 is 9.47 Å². The van der Waals surface area contributed by atoms with Crippen molar-refractivity contribution in [3.63, 3.8) is 0 Å². The zero-order chi connectivity index (χ0) is 18.2. The van der Waals surface area contributed by atoms with Crippen molar-refractivity contribution in [2.45, 2.75) is 37.8 Å². The summed E-state index contributed by atoms with van der Waals surface area (Å²) in [6.45, 7) is 0. The predicted molar refractivity (Wildman–Crippen MR) is 107 cm³/mol. The Morgan fingerprint density at radius 3 is 1.54 bits per heavy atom. The third-order valence-corrected chi connectivity index (χ3v) is 4.72. The Kier molecular flexibility index (Phi) is 6.42. The van der Waals surface area contributed by atoms with E-state index in [1.165, 1.54) is 6.42 Å². The Labute approximate surface area is 155 Å². The number of rotatable bonds is 6. The first-order chi connectivity index (χ1) is 12.8. The van der Waals surface area contributed by atoms with Crippen molar-refractivity contribution >= 4 is 12.4 Å². The highest BCUT2D eigenvalue weighted by atomic mass is 16.5. The molecule has 0 heterocycles. The Balaban J connectivity index is 1.55. The van der Waals surface area contributed by atoms with Crippen molar-refractivity contribution in [3.05, 3.63) is 59.7 Å². The summed E-state index contributed by atoms with van der Waals surface area (Å²) in [7, 11) is 3.36. The van der Waals surface area contributed by atoms with Gasteiger partial charge in [-0.3, -0.25) is 9.98 Å². The molecule has 2 unspecified atom stereocenters. The molecule has 4 nitrogen and oxygen atoms in total. The summed E-state index contributed by atoms with van der Waals surface area (Å²) < 4.78 is 10.4. The molecule has 1 saturated carbocycles. The van der Waals surface area contributed by atoms with Gasteiger partial charge >= 0.3 is 0 Å². The van der Waals surface area contributed by atoms with E-state index in [0.717, 1.165) is 41.9 Å². The number of methoxy groups -OCH3 is 2. The molecule has 1 aliphatic carbocycles. The maximum atomic E-state index is 5.19. The molecule has 3 rings (SSSR count). The smallest absolute Gasteiger partial charge is 0.118 e. The zero-order valence-electron chi connectivity index (χ0n) is 15.5. The van der Waals surface area contributed by atoms with E-state index in [9.17, 15) is 0 Å². The Hall–Kier alpha value is -2.62. The first kappa shape index (κ1) is 18.2. The monoisotopic (exact) mass is 350 g/mol. The lowest BCUT2D eigenvalue weighted by Gasteiger charge is -2.23. The van der Waals surface area contributed by atoms with E-state index in [1.54, 1.807) is 14.2 Å². The Morgan fingerprint density at radius 2 is 1.15 bits per heavy atom. The highest BCUT2D eigenvalue weighted by Crippen LogP contribution is 2.24. The third kappa shape index (κ3) is 5.19. The van der Waals surface area contributed by atoms with E-state index in [0.29, 0.717) is 12.1 Å². The van der Waals surface area contributed by atoms with Gasteiger partial charge in [-0.05, 0) is 85.3 Å². The standard InChI is InChI=1S/C22H26N2O2/c1-25-21-10-6-17(7-11-21)15-23-19-4-3-5-20(14-19)24-16-18-8-12-22(26-2)13-9-18/h6-13,15-16,19-20H,3-5,14H2,1-2H3. The van der Waals surface area contributed by atoms with Crippen molar-refractivity contribution in [2.24, 2.45) is 9.98 Å². The van der Waals surface area contributed by atoms with Crippen molar-refractivity contribution < 1.29 is 9.47 Å². The van der Waals surface area contributed by atoms with Crippen LogP contribution in [0.25, 0.3) is 0 Å². The van der Waals surface area contributed by atoms with Crippen LogP contribution in [0.1, 0.15) is 36.8 Å². The summed E-state index contributed by atoms with van der Waals surface area (Å²) in [6, 6.07) is 16.7. The first-order valence-corrected chi connectivity index (χ1v) is 9.11. The molecule has 0 aliphatic heterocycles. The van der Waals surface area contributed by atoms with Gasteiger partial charge in [0.2, 0.25) is 0 Å². The number of aliphatic imine (C=N–C) groups is 2. The number of ether oxygens (including phenoxy) is 2. The van der Waals surface area contributed by atoms with Crippen LogP contribution in [0.2, 0.25) is 0 Å². The van der Waals surface area contributed by atoms with E-state index in [4.69, 9.17) is 19.5 Å². The maximum Gasteiger partial charge on any atom is 0.118 e. The molecule has 2 aromatic carbocycles. The fourth-order valence-corrected chi connectivity index (χ4v) is 3.17. The van der Waals surface area contributed by atoms with Gasteiger partial charge in [-0.15, -0.1) is 0 Å². The Morgan fingerprint density at radius 1 is 0.731 bits per heavy atom. The summed E-state index contributed by atoms with van der Waals surface area (Å²) in [6.07, 6.45) is 8.41. The van der Waals surface area contributed by atoms with E-state index >= 15 is 0 Å². The molecule has 1 fully saturated rings. The molecule has 2 aromatic rings. The van der Waals surface area contributed by atoms with Crippen LogP contribution in [0, 0.1) is 0 Å². The normalized spacial score (nSPS) is 20.5. The molecule has 4 heteroatoms. The van der Waals surface area contributed by atoms with Crippen molar-refractivity contribution in [1.82, 2.24) is 0 Å². The largest absolute Gasteiger partial charge is 0.497 e. The Bertz CT molecular complexity index is 672. The molecule has 0 saturated heterocycles. The van der Waals surface area contributed by atoms with Gasteiger partial charge in [-0.25, -0.2) is 0 Å². The van der Waals surface area contributed by atoms with Gasteiger partial charge in [0.1, 0.15) is 11.5 Å². The van der Waals surface area contributed by atoms with Gasteiger partial charge in [0.15, 0.2) is 0 Å². The molecule has 0 N–H and O–H groups in total. The first-order valence-electron chi connectivity index (χ1n) is 9.11. The molecule has 26 heavy (non-hydrogen) atoms. The van der Waals surface area contributed by atoms with Crippen molar-refractivity contribution in [3.8, 4) is 11.5 Å². The van der Waals surface area contributed by atoms with E-state index in [1.807, 2.05) is 61.0 Å². The van der Waals surface area contributed by atoms with Gasteiger partial charge in [-0.2, -0.15) is 0 Å². The summed E-state index contributed by atoms with van der Waals surface area (Å²) in [5.74, 6) is 1.74. The second kappa shape index (κ2) is 9.18. The number of hydrogen-bond donors (Lipinski definition) is 0. The van der Waals surface area contributed by atoms with Crippen LogP contribution in [0.3, 0.4) is 0 Å². The number of nitrogens with zero attached hydrogens (tertiary/aromatic N) is 2. The molecule has 0 radical (unpaired) electrons. The van der Waals surface area contributed by atoms with Gasteiger partial charge in [0.25, 0.3) is 0 Å². The molecule has 0 amide bonds. The lowest BCUT2D eigenvalue weighted by molar-refractivity contribution is 0.397. The quantitative estimate of drug-likeness (QED) is 0.717. The van der Waals surface area contributed by atoms with Crippen LogP contribution in [0.15, 0.2) is 58.5 Å². The molecular formula is C22H26N2O2. The van der Waals surface area contributed by atoms with Gasteiger partial charge < -0.3 is 9.47 Å². The second-order valence-electron chi connectivity index (χ2n) is 6.58. The van der Waals surface area contributed by atoms with Gasteiger partial charge in [0, 0.05) is 12.4 Å². The van der Waals surface area contributed by atoms with E-state index < -0.39 is 0 Å². The second-order valence-corrected chi connectivity index (χ2v) is 6.58. The van der Waals surface area contributed by atoms with E-state index in [2.05, 4.69) is 0 Å². The summed E-state index contributed by atoms with van der Waals surface area (Å²) >= 11 is 0. The molecule has 0 bridgehead atoms. The van der Waals surface area contributed by atoms with E-state index in [-0.39, 0.29) is 0 Å². The fraction of sp³-hybridized carbons (Fsp3) is 0.364. The average molecular weight is 350 g/mol. The van der Waals surface area contributed by atoms with Gasteiger partial charge in [-0.1, -0.05) is 0 Å². The van der Waals surface area contributed by atoms with Crippen LogP contribution in [-0.2, 0) is 0 Å². The van der Waals surface area contributed by atoms with Crippen LogP contribution in [-0.4, -0.2) is 38.7 Å². The molecule has 136 valence electrons. The minimum absolute atomic E-state index is 0.351. The summed E-state index contributed by atoms with van der Waals surface area (Å²) in [5.41, 5.74) is 2.21. The maximum absolute atomic E-state index is 5.19. The predicted octanol–water partition coefficient (Wildman–Crippen LogP) is 4.55. The third-order valence-electron chi connectivity index (χ3n) is 4.72. The van der Waals surface area contributed by atoms with Crippen LogP contribution >= 0.6 is 0 Å². The van der Waals surface area contributed by atoms with Crippen molar-refractivity contribution in [1.29, 1.82) is 0 Å². The summed E-state index contributed by atoms with van der Waals surface area (Å²) in [5, 5.41) is 0. The van der Waals surface area contributed by atoms with Crippen LogP contribution in [0.5, 0.6) is 11.5 Å². The molecule has 2 atom stereocenters. The number of hydrogen-bond acceptors (Lipinski definition) is 4. The topological polar surface area (TPSA) is 43.2 Å². The number of benzene rings is 2. The zero-order valence-corrected chi connectivity index (χ0v) is 15.5. The fourth-order valence-electron chi connectivity index (χ4n) is 3.17. The van der Waals surface area contributed by atoms with Crippen molar-refractivity contribution in [2.75, 3.05) is 14.2 Å². The molecule has 0 aromatic heterocycles. The van der Waals surface area contributed by atoms with Gasteiger partial charge in [0.05, 0.1) is 26.3 Å². The summed E-state index contributed by atoms with van der Waals surface area (Å²) in [4.78, 5) is 9.56. The lowest BCUT2D eigenvalue weighted by atomic mass is 9.91. The SMILES string of the molecule is COc1ccc(C=NC2CCCC(N=Cc3ccc(OC)cc3)C2)cc1. The minimum Gasteiger partial charge on any atom is -0.497 e. The molecular weight excluding hydrogens is 324 g/mol. The minimum atomic E-state index is 0.351. The molecule has 0 spiro atoms. The van der Waals surface area contributed by atoms with Crippen LogP contribution in [0.4, 0.5) is 0 Å². The average Bonchev–Trinajstić information content (AvgIpc) is 2.72. The lowest BCUT2D eigenvalue weighted by Crippen LogP contribution is -2.21.